The molecular formula is CH4Cl2Na2O6P2. The van der Waals surface area contributed by atoms with E-state index >= 15 is 0 Å². The second kappa shape index (κ2) is 8.97. The normalized spacial score (nSPS) is 11.4. The molecule has 0 aliphatic rings. The van der Waals surface area contributed by atoms with Crippen LogP contribution in [0, 0.1) is 0 Å². The van der Waals surface area contributed by atoms with Crippen molar-refractivity contribution in [3.05, 3.63) is 0 Å². The first-order chi connectivity index (χ1) is 4.83. The molecule has 70 valence electrons. The molecule has 0 amide bonds. The predicted octanol–water partition coefficient (Wildman–Crippen LogP) is 0.894. The Morgan fingerprint density at radius 3 is 1.46 bits per heavy atom. The van der Waals surface area contributed by atoms with E-state index < -0.39 is 21.1 Å². The van der Waals surface area contributed by atoms with E-state index in [-0.39, 0.29) is 59.1 Å². The van der Waals surface area contributed by atoms with Crippen molar-refractivity contribution in [1.29, 1.82) is 0 Å². The number of rotatable bonds is 4. The molecule has 0 atom stereocenters. The van der Waals surface area contributed by atoms with Crippen molar-refractivity contribution in [2.45, 2.75) is 0 Å². The van der Waals surface area contributed by atoms with Crippen LogP contribution >= 0.6 is 38.9 Å². The van der Waals surface area contributed by atoms with Crippen LogP contribution in [-0.2, 0) is 17.3 Å². The van der Waals surface area contributed by atoms with E-state index in [1.807, 2.05) is 0 Å². The molecule has 2 N–H and O–H groups in total. The van der Waals surface area contributed by atoms with Crippen LogP contribution in [0.2, 0.25) is 0 Å². The van der Waals surface area contributed by atoms with Crippen molar-refractivity contribution < 1.29 is 27.1 Å². The van der Waals surface area contributed by atoms with Gasteiger partial charge in [-0.1, -0.05) is 0 Å². The van der Waals surface area contributed by atoms with E-state index in [4.69, 9.17) is 9.79 Å². The first kappa shape index (κ1) is 21.2. The Morgan fingerprint density at radius 2 is 1.38 bits per heavy atom. The Hall–Kier alpha value is 2.88. The van der Waals surface area contributed by atoms with Gasteiger partial charge in [0.25, 0.3) is 0 Å². The molecule has 0 bridgehead atoms. The van der Waals surface area contributed by atoms with E-state index in [1.54, 1.807) is 0 Å². The Balaban J connectivity index is -0.000000500. The van der Waals surface area contributed by atoms with Crippen molar-refractivity contribution in [3.63, 3.8) is 0 Å². The molecule has 0 fully saturated rings. The van der Waals surface area contributed by atoms with Gasteiger partial charge in [0.05, 0.1) is 23.7 Å². The van der Waals surface area contributed by atoms with Gasteiger partial charge >= 0.3 is 15.2 Å². The van der Waals surface area contributed by atoms with Crippen molar-refractivity contribution >= 4 is 98.0 Å². The third-order valence-electron chi connectivity index (χ3n) is 0.568. The fourth-order valence-electron chi connectivity index (χ4n) is 0.280. The molecule has 0 heterocycles. The fraction of sp³-hybridized carbons (Fsp3) is 1.00. The van der Waals surface area contributed by atoms with E-state index in [9.17, 15) is 9.13 Å². The molecule has 0 saturated carbocycles. The molecule has 13 heavy (non-hydrogen) atoms. The Morgan fingerprint density at radius 1 is 1.08 bits per heavy atom. The van der Waals surface area contributed by atoms with Crippen LogP contribution in [0.4, 0.5) is 0 Å². The molecule has 0 aromatic heterocycles. The quantitative estimate of drug-likeness (QED) is 0.590. The minimum atomic E-state index is -4.50. The summed E-state index contributed by atoms with van der Waals surface area (Å²) in [7, 11) is -8.54. The number of hydrogen-bond acceptors (Lipinski definition) is 4. The molecule has 6 nitrogen and oxygen atoms in total. The summed E-state index contributed by atoms with van der Waals surface area (Å²) in [6.07, 6.45) is 0. The van der Waals surface area contributed by atoms with Crippen LogP contribution in [0.25, 0.3) is 0 Å². The van der Waals surface area contributed by atoms with Crippen LogP contribution in [0.5, 0.6) is 0 Å². The standard InChI is InChI=1S/CH4Cl2O6P2.2Na/c2-8-11(7,9-3)1-10(4,5)6;;/h1H2,(H2,4,5,6);;. The van der Waals surface area contributed by atoms with Gasteiger partial charge < -0.3 is 9.79 Å². The monoisotopic (exact) mass is 290 g/mol. The second-order valence-corrected chi connectivity index (χ2v) is 6.34. The van der Waals surface area contributed by atoms with Gasteiger partial charge in [0.2, 0.25) is 0 Å². The molecule has 12 heteroatoms. The summed E-state index contributed by atoms with van der Waals surface area (Å²) >= 11 is 9.20. The van der Waals surface area contributed by atoms with Gasteiger partial charge in [0, 0.05) is 59.1 Å². The third-order valence-corrected chi connectivity index (χ3v) is 5.11. The zero-order valence-electron chi connectivity index (χ0n) is 6.88. The maximum atomic E-state index is 10.8. The van der Waals surface area contributed by atoms with Crippen LogP contribution in [0.1, 0.15) is 0 Å². The van der Waals surface area contributed by atoms with Crippen molar-refractivity contribution in [3.8, 4) is 0 Å². The zero-order chi connectivity index (χ0) is 9.12. The Labute approximate surface area is 129 Å². The molecular weight excluding hydrogens is 287 g/mol. The Bertz CT molecular complexity index is 209. The summed E-state index contributed by atoms with van der Waals surface area (Å²) in [6.45, 7) is 0. The molecule has 0 spiro atoms. The van der Waals surface area contributed by atoms with E-state index in [2.05, 4.69) is 31.9 Å². The van der Waals surface area contributed by atoms with Crippen molar-refractivity contribution in [2.24, 2.45) is 0 Å². The van der Waals surface area contributed by atoms with Crippen LogP contribution < -0.4 is 0 Å². The molecule has 2 radical (unpaired) electrons. The van der Waals surface area contributed by atoms with Crippen molar-refractivity contribution in [2.75, 3.05) is 5.90 Å². The minimum Gasteiger partial charge on any atom is -0.324 e. The molecule has 0 aromatic rings. The van der Waals surface area contributed by atoms with E-state index in [0.717, 1.165) is 0 Å². The predicted molar refractivity (Wildman–Crippen MR) is 49.9 cm³/mol. The average molecular weight is 291 g/mol. The summed E-state index contributed by atoms with van der Waals surface area (Å²) < 4.78 is 28.3. The summed E-state index contributed by atoms with van der Waals surface area (Å²) in [6, 6.07) is 0. The molecule has 0 aromatic carbocycles. The first-order valence-corrected chi connectivity index (χ1v) is 6.21. The number of hydrogen-bond donors (Lipinski definition) is 2. The molecule has 0 unspecified atom stereocenters. The maximum Gasteiger partial charge on any atom is 0.375 e. The van der Waals surface area contributed by atoms with Gasteiger partial charge in [0.1, 0.15) is 0 Å². The van der Waals surface area contributed by atoms with Crippen molar-refractivity contribution in [1.82, 2.24) is 0 Å². The molecule has 0 aliphatic carbocycles. The van der Waals surface area contributed by atoms with Crippen LogP contribution in [-0.4, -0.2) is 74.8 Å². The molecule has 0 aliphatic heterocycles. The SMILES string of the molecule is O=P(O)(O)CP(=O)(OCl)OCl.[Na].[Na]. The van der Waals surface area contributed by atoms with Crippen LogP contribution in [0.15, 0.2) is 0 Å². The maximum absolute atomic E-state index is 10.8. The first-order valence-electron chi connectivity index (χ1n) is 2.07. The van der Waals surface area contributed by atoms with E-state index in [0.29, 0.717) is 0 Å². The van der Waals surface area contributed by atoms with Gasteiger partial charge in [-0.15, -0.1) is 0 Å². The van der Waals surface area contributed by atoms with Crippen LogP contribution in [0.3, 0.4) is 0 Å². The van der Waals surface area contributed by atoms with Gasteiger partial charge in [-0.2, -0.15) is 8.15 Å². The summed E-state index contributed by atoms with van der Waals surface area (Å²) in [5, 5.41) is 0. The topological polar surface area (TPSA) is 93.1 Å². The third kappa shape index (κ3) is 11.1. The molecule has 0 rings (SSSR count). The summed E-state index contributed by atoms with van der Waals surface area (Å²) in [4.78, 5) is 16.6. The van der Waals surface area contributed by atoms with Gasteiger partial charge in [-0.25, -0.2) is 0 Å². The van der Waals surface area contributed by atoms with Gasteiger partial charge in [-0.05, 0) is 0 Å². The zero-order valence-corrected chi connectivity index (χ0v) is 14.2. The molecule has 0 saturated heterocycles. The van der Waals surface area contributed by atoms with Gasteiger partial charge in [-0.3, -0.25) is 9.13 Å². The second-order valence-electron chi connectivity index (χ2n) is 1.56. The average Bonchev–Trinajstić information content (AvgIpc) is 1.84. The summed E-state index contributed by atoms with van der Waals surface area (Å²) in [5.74, 6) is -1.15. The number of halogens is 2. The Kier molecular flexibility index (Phi) is 14.6. The van der Waals surface area contributed by atoms with Gasteiger partial charge in [0.15, 0.2) is 5.90 Å². The fourth-order valence-corrected chi connectivity index (χ4v) is 3.50. The summed E-state index contributed by atoms with van der Waals surface area (Å²) in [5.41, 5.74) is 0. The van der Waals surface area contributed by atoms with E-state index in [1.165, 1.54) is 0 Å². The smallest absolute Gasteiger partial charge is 0.324 e. The largest absolute Gasteiger partial charge is 0.375 e. The minimum absolute atomic E-state index is 0.